The van der Waals surface area contributed by atoms with E-state index in [0.717, 1.165) is 21.2 Å². The number of carbonyl (C=O) groups is 2. The molecule has 0 saturated carbocycles. The van der Waals surface area contributed by atoms with Crippen LogP contribution in [0.5, 0.6) is 5.75 Å². The van der Waals surface area contributed by atoms with Crippen LogP contribution < -0.4 is 10.1 Å². The van der Waals surface area contributed by atoms with E-state index in [1.54, 1.807) is 24.0 Å². The van der Waals surface area contributed by atoms with Gasteiger partial charge in [0.25, 0.3) is 5.91 Å². The van der Waals surface area contributed by atoms with Crippen LogP contribution in [0.15, 0.2) is 40.9 Å². The Morgan fingerprint density at radius 3 is 2.35 bits per heavy atom. The minimum atomic E-state index is -0.637. The van der Waals surface area contributed by atoms with Gasteiger partial charge in [-0.3, -0.25) is 9.59 Å². The monoisotopic (exact) mass is 508 g/mol. The predicted molar refractivity (Wildman–Crippen MR) is 128 cm³/mol. The topological polar surface area (TPSA) is 58.6 Å². The van der Waals surface area contributed by atoms with Crippen molar-refractivity contribution in [3.05, 3.63) is 62.6 Å². The molecule has 0 saturated heterocycles. The molecule has 1 unspecified atom stereocenters. The van der Waals surface area contributed by atoms with Crippen molar-refractivity contribution < 1.29 is 14.3 Å². The van der Waals surface area contributed by atoms with E-state index in [2.05, 4.69) is 21.2 Å². The Morgan fingerprint density at radius 1 is 1.13 bits per heavy atom. The molecule has 168 valence electrons. The molecule has 5 nitrogen and oxygen atoms in total. The maximum Gasteiger partial charge on any atom is 0.261 e. The van der Waals surface area contributed by atoms with Crippen molar-refractivity contribution in [1.82, 2.24) is 10.2 Å². The summed E-state index contributed by atoms with van der Waals surface area (Å²) in [5, 5.41) is 3.60. The van der Waals surface area contributed by atoms with Crippen molar-refractivity contribution in [2.24, 2.45) is 5.92 Å². The number of rotatable bonds is 9. The van der Waals surface area contributed by atoms with Crippen LogP contribution >= 0.6 is 27.5 Å². The summed E-state index contributed by atoms with van der Waals surface area (Å²) in [6.45, 7) is 10.3. The summed E-state index contributed by atoms with van der Waals surface area (Å²) in [6, 6.07) is 10.7. The first-order chi connectivity index (χ1) is 14.6. The van der Waals surface area contributed by atoms with E-state index in [4.69, 9.17) is 16.3 Å². The second-order valence-electron chi connectivity index (χ2n) is 8.13. The van der Waals surface area contributed by atoms with Gasteiger partial charge < -0.3 is 15.0 Å². The molecule has 0 bridgehead atoms. The van der Waals surface area contributed by atoms with Crippen LogP contribution in [0.1, 0.15) is 37.5 Å². The van der Waals surface area contributed by atoms with Crippen LogP contribution in [0, 0.1) is 19.8 Å². The third-order valence-electron chi connectivity index (χ3n) is 4.87. The van der Waals surface area contributed by atoms with Crippen LogP contribution in [0.4, 0.5) is 0 Å². The quantitative estimate of drug-likeness (QED) is 0.500. The van der Waals surface area contributed by atoms with E-state index in [1.807, 2.05) is 52.0 Å². The molecule has 0 aliphatic rings. The molecule has 1 atom stereocenters. The fourth-order valence-corrected chi connectivity index (χ4v) is 3.64. The van der Waals surface area contributed by atoms with E-state index >= 15 is 0 Å². The van der Waals surface area contributed by atoms with Crippen LogP contribution in [0.25, 0.3) is 0 Å². The van der Waals surface area contributed by atoms with Crippen molar-refractivity contribution in [3.63, 3.8) is 0 Å². The van der Waals surface area contributed by atoms with Crippen molar-refractivity contribution in [1.29, 1.82) is 0 Å². The number of ether oxygens (including phenoxy) is 1. The molecule has 0 heterocycles. The highest BCUT2D eigenvalue weighted by Crippen LogP contribution is 2.26. The first-order valence-electron chi connectivity index (χ1n) is 10.3. The highest BCUT2D eigenvalue weighted by Gasteiger charge is 2.26. The van der Waals surface area contributed by atoms with Gasteiger partial charge >= 0.3 is 0 Å². The Labute approximate surface area is 198 Å². The van der Waals surface area contributed by atoms with Gasteiger partial charge in [-0.1, -0.05) is 53.5 Å². The number of halogens is 2. The number of hydrogen-bond donors (Lipinski definition) is 1. The average molecular weight is 510 g/mol. The smallest absolute Gasteiger partial charge is 0.261 e. The molecule has 0 spiro atoms. The normalized spacial score (nSPS) is 11.9. The minimum absolute atomic E-state index is 0.170. The third kappa shape index (κ3) is 7.54. The molecule has 2 aromatic carbocycles. The molecule has 0 aromatic heterocycles. The largest absolute Gasteiger partial charge is 0.484 e. The highest BCUT2D eigenvalue weighted by atomic mass is 79.9. The van der Waals surface area contributed by atoms with Crippen molar-refractivity contribution in [2.75, 3.05) is 13.2 Å². The molecule has 1 N–H and O–H groups in total. The Morgan fingerprint density at radius 2 is 1.77 bits per heavy atom. The van der Waals surface area contributed by atoms with Gasteiger partial charge in [0.1, 0.15) is 11.8 Å². The van der Waals surface area contributed by atoms with Crippen LogP contribution in [-0.4, -0.2) is 35.9 Å². The summed E-state index contributed by atoms with van der Waals surface area (Å²) in [6.07, 6.45) is 0. The zero-order chi connectivity index (χ0) is 23.1. The minimum Gasteiger partial charge on any atom is -0.484 e. The molecule has 2 rings (SSSR count). The zero-order valence-corrected chi connectivity index (χ0v) is 21.0. The van der Waals surface area contributed by atoms with Crippen molar-refractivity contribution in [3.8, 4) is 5.75 Å². The fourth-order valence-electron chi connectivity index (χ4n) is 3.08. The van der Waals surface area contributed by atoms with Gasteiger partial charge in [0.2, 0.25) is 5.91 Å². The molecular weight excluding hydrogens is 480 g/mol. The standard InChI is InChI=1S/C24H30BrClN2O3/c1-15(2)12-27-24(30)18(5)28(13-19-7-6-8-20(25)11-19)22(29)14-31-21-9-16(3)23(26)17(4)10-21/h6-11,15,18H,12-14H2,1-5H3,(H,27,30). The Kier molecular flexibility index (Phi) is 9.38. The molecule has 7 heteroatoms. The number of carbonyl (C=O) groups excluding carboxylic acids is 2. The molecule has 0 radical (unpaired) electrons. The van der Waals surface area contributed by atoms with Crippen LogP contribution in [-0.2, 0) is 16.1 Å². The molecule has 31 heavy (non-hydrogen) atoms. The summed E-state index contributed by atoms with van der Waals surface area (Å²) in [7, 11) is 0. The second kappa shape index (κ2) is 11.5. The highest BCUT2D eigenvalue weighted by molar-refractivity contribution is 9.10. The number of aryl methyl sites for hydroxylation is 2. The fraction of sp³-hybridized carbons (Fsp3) is 0.417. The molecule has 0 aliphatic heterocycles. The zero-order valence-electron chi connectivity index (χ0n) is 18.7. The van der Waals surface area contributed by atoms with Crippen LogP contribution in [0.3, 0.4) is 0 Å². The third-order valence-corrected chi connectivity index (χ3v) is 5.96. The Hall–Kier alpha value is -2.05. The van der Waals surface area contributed by atoms with E-state index in [1.165, 1.54) is 0 Å². The number of nitrogens with zero attached hydrogens (tertiary/aromatic N) is 1. The Balaban J connectivity index is 2.17. The van der Waals surface area contributed by atoms with Gasteiger partial charge in [-0.2, -0.15) is 0 Å². The van der Waals surface area contributed by atoms with Gasteiger partial charge in [-0.15, -0.1) is 0 Å². The van der Waals surface area contributed by atoms with Gasteiger partial charge in [0, 0.05) is 22.6 Å². The first kappa shape index (κ1) is 25.2. The van der Waals surface area contributed by atoms with E-state index in [-0.39, 0.29) is 18.4 Å². The maximum absolute atomic E-state index is 13.1. The number of amides is 2. The SMILES string of the molecule is Cc1cc(OCC(=O)N(Cc2cccc(Br)c2)C(C)C(=O)NCC(C)C)cc(C)c1Cl. The summed E-state index contributed by atoms with van der Waals surface area (Å²) in [4.78, 5) is 27.3. The van der Waals surface area contributed by atoms with Gasteiger partial charge in [0.05, 0.1) is 0 Å². The number of benzene rings is 2. The lowest BCUT2D eigenvalue weighted by Gasteiger charge is -2.29. The molecular formula is C24H30BrClN2O3. The Bertz CT molecular complexity index is 910. The van der Waals surface area contributed by atoms with Crippen LogP contribution in [0.2, 0.25) is 5.02 Å². The first-order valence-corrected chi connectivity index (χ1v) is 11.5. The van der Waals surface area contributed by atoms with E-state index < -0.39 is 6.04 Å². The lowest BCUT2D eigenvalue weighted by atomic mass is 10.1. The lowest BCUT2D eigenvalue weighted by molar-refractivity contribution is -0.142. The van der Waals surface area contributed by atoms with Gasteiger partial charge in [-0.05, 0) is 67.6 Å². The second-order valence-corrected chi connectivity index (χ2v) is 9.42. The number of nitrogens with one attached hydrogen (secondary N) is 1. The van der Waals surface area contributed by atoms with Gasteiger partial charge in [0.15, 0.2) is 6.61 Å². The summed E-state index contributed by atoms with van der Waals surface area (Å²) < 4.78 is 6.68. The summed E-state index contributed by atoms with van der Waals surface area (Å²) in [5.41, 5.74) is 2.69. The van der Waals surface area contributed by atoms with Crippen molar-refractivity contribution >= 4 is 39.3 Å². The number of hydrogen-bond acceptors (Lipinski definition) is 3. The summed E-state index contributed by atoms with van der Waals surface area (Å²) in [5.74, 6) is 0.449. The molecule has 2 aromatic rings. The predicted octanol–water partition coefficient (Wildman–Crippen LogP) is 5.29. The molecule has 0 aliphatic carbocycles. The maximum atomic E-state index is 13.1. The lowest BCUT2D eigenvalue weighted by Crippen LogP contribution is -2.49. The van der Waals surface area contributed by atoms with Gasteiger partial charge in [-0.25, -0.2) is 0 Å². The van der Waals surface area contributed by atoms with E-state index in [9.17, 15) is 9.59 Å². The molecule has 0 fully saturated rings. The molecule has 2 amide bonds. The summed E-state index contributed by atoms with van der Waals surface area (Å²) >= 11 is 9.67. The van der Waals surface area contributed by atoms with E-state index in [0.29, 0.717) is 29.8 Å². The average Bonchev–Trinajstić information content (AvgIpc) is 2.71. The van der Waals surface area contributed by atoms with Crippen molar-refractivity contribution in [2.45, 2.75) is 47.2 Å².